The Morgan fingerprint density at radius 2 is 2.38 bits per heavy atom. The van der Waals surface area contributed by atoms with Gasteiger partial charge in [-0.05, 0) is 12.8 Å². The van der Waals surface area contributed by atoms with E-state index in [2.05, 4.69) is 18.3 Å². The van der Waals surface area contributed by atoms with Crippen molar-refractivity contribution < 1.29 is 0 Å². The number of hydrogen-bond acceptors (Lipinski definition) is 2. The van der Waals surface area contributed by atoms with Crippen molar-refractivity contribution in [2.24, 2.45) is 4.99 Å². The molecule has 0 bridgehead atoms. The Hall–Kier alpha value is -1.36. The van der Waals surface area contributed by atoms with E-state index in [-0.39, 0.29) is 0 Å². The van der Waals surface area contributed by atoms with E-state index in [0.717, 1.165) is 0 Å². The third kappa shape index (κ3) is 2.86. The molecule has 0 unspecified atom stereocenters. The Bertz CT molecular complexity index is 160. The van der Waals surface area contributed by atoms with Crippen LogP contribution in [0.3, 0.4) is 0 Å². The quantitative estimate of drug-likeness (QED) is 0.297. The fourth-order valence-corrected chi connectivity index (χ4v) is 0.180. The fraction of sp³-hybridized carbons (Fsp3) is 0. The lowest BCUT2D eigenvalue weighted by Crippen LogP contribution is -1.61. The molecule has 8 heavy (non-hydrogen) atoms. The van der Waals surface area contributed by atoms with Crippen molar-refractivity contribution in [1.82, 2.24) is 0 Å². The van der Waals surface area contributed by atoms with Gasteiger partial charge in [-0.25, -0.2) is 0 Å². The molecule has 40 valence electrons. The molecule has 0 aromatic heterocycles. The number of nitriles is 1. The molecule has 0 fully saturated rings. The molecule has 0 rings (SSSR count). The van der Waals surface area contributed by atoms with Gasteiger partial charge in [-0.15, -0.1) is 0 Å². The zero-order chi connectivity index (χ0) is 6.41. The van der Waals surface area contributed by atoms with Gasteiger partial charge >= 0.3 is 0 Å². The van der Waals surface area contributed by atoms with Crippen LogP contribution < -0.4 is 0 Å². The fourth-order valence-electron chi connectivity index (χ4n) is 0.180. The molecule has 0 saturated carbocycles. The van der Waals surface area contributed by atoms with E-state index in [4.69, 9.17) is 5.26 Å². The lowest BCUT2D eigenvalue weighted by atomic mass is 10.3. The van der Waals surface area contributed by atoms with E-state index < -0.39 is 0 Å². The Morgan fingerprint density at radius 1 is 1.75 bits per heavy atom. The minimum atomic E-state index is 0.386. The molecule has 0 radical (unpaired) electrons. The summed E-state index contributed by atoms with van der Waals surface area (Å²) < 4.78 is 0. The monoisotopic (exact) mass is 106 g/mol. The summed E-state index contributed by atoms with van der Waals surface area (Å²) >= 11 is 0. The Balaban J connectivity index is 3.75. The molecular weight excluding hydrogens is 100 g/mol. The third-order valence-electron chi connectivity index (χ3n) is 0.525. The SMILES string of the molecule is C=NC=CC(=C)C#N. The second-order valence-electron chi connectivity index (χ2n) is 1.14. The van der Waals surface area contributed by atoms with Gasteiger partial charge < -0.3 is 0 Å². The van der Waals surface area contributed by atoms with Crippen molar-refractivity contribution in [3.05, 3.63) is 24.4 Å². The maximum Gasteiger partial charge on any atom is 0.0985 e. The van der Waals surface area contributed by atoms with Crippen LogP contribution in [0.2, 0.25) is 0 Å². The van der Waals surface area contributed by atoms with Crippen LogP contribution in [0.15, 0.2) is 29.4 Å². The van der Waals surface area contributed by atoms with Crippen molar-refractivity contribution in [3.8, 4) is 6.07 Å². The predicted octanol–water partition coefficient (Wildman–Crippen LogP) is 1.28. The topological polar surface area (TPSA) is 36.1 Å². The van der Waals surface area contributed by atoms with Gasteiger partial charge in [-0.3, -0.25) is 4.99 Å². The highest BCUT2D eigenvalue weighted by molar-refractivity contribution is 5.32. The summed E-state index contributed by atoms with van der Waals surface area (Å²) in [6.07, 6.45) is 2.92. The van der Waals surface area contributed by atoms with Crippen molar-refractivity contribution >= 4 is 6.72 Å². The standard InChI is InChI=1S/C6H6N2/c1-6(5-7)3-4-8-2/h3-4H,1-2H2. The van der Waals surface area contributed by atoms with Crippen molar-refractivity contribution in [3.63, 3.8) is 0 Å². The minimum absolute atomic E-state index is 0.386. The summed E-state index contributed by atoms with van der Waals surface area (Å²) in [6, 6.07) is 1.83. The highest BCUT2D eigenvalue weighted by Crippen LogP contribution is 1.87. The third-order valence-corrected chi connectivity index (χ3v) is 0.525. The highest BCUT2D eigenvalue weighted by Gasteiger charge is 1.75. The van der Waals surface area contributed by atoms with Crippen molar-refractivity contribution in [2.75, 3.05) is 0 Å². The summed E-state index contributed by atoms with van der Waals surface area (Å²) in [5.74, 6) is 0. The largest absolute Gasteiger partial charge is 0.272 e. The average molecular weight is 106 g/mol. The number of allylic oxidation sites excluding steroid dienone is 2. The molecule has 0 aromatic rings. The summed E-state index contributed by atoms with van der Waals surface area (Å²) in [5, 5.41) is 8.10. The molecule has 0 atom stereocenters. The maximum atomic E-state index is 8.10. The molecule has 0 aliphatic heterocycles. The second kappa shape index (κ2) is 3.82. The van der Waals surface area contributed by atoms with Gasteiger partial charge in [0.1, 0.15) is 0 Å². The molecule has 0 aliphatic rings. The zero-order valence-corrected chi connectivity index (χ0v) is 4.46. The van der Waals surface area contributed by atoms with Gasteiger partial charge in [0.25, 0.3) is 0 Å². The lowest BCUT2D eigenvalue weighted by molar-refractivity contribution is 1.49. The van der Waals surface area contributed by atoms with E-state index in [0.29, 0.717) is 5.57 Å². The van der Waals surface area contributed by atoms with Gasteiger partial charge in [0.05, 0.1) is 6.07 Å². The van der Waals surface area contributed by atoms with Crippen LogP contribution in [0.25, 0.3) is 0 Å². The summed E-state index contributed by atoms with van der Waals surface area (Å²) in [7, 11) is 0. The summed E-state index contributed by atoms with van der Waals surface area (Å²) in [6.45, 7) is 6.55. The number of hydrogen-bond donors (Lipinski definition) is 0. The number of rotatable bonds is 2. The molecule has 2 nitrogen and oxygen atoms in total. The number of aliphatic imine (C=N–C) groups is 1. The molecule has 0 saturated heterocycles. The first-order chi connectivity index (χ1) is 3.81. The predicted molar refractivity (Wildman–Crippen MR) is 33.4 cm³/mol. The van der Waals surface area contributed by atoms with E-state index in [9.17, 15) is 0 Å². The van der Waals surface area contributed by atoms with E-state index in [1.54, 1.807) is 0 Å². The molecule has 0 aliphatic carbocycles. The van der Waals surface area contributed by atoms with Crippen molar-refractivity contribution in [1.29, 1.82) is 5.26 Å². The summed E-state index contributed by atoms with van der Waals surface area (Å²) in [5.41, 5.74) is 0.386. The smallest absolute Gasteiger partial charge is 0.0985 e. The minimum Gasteiger partial charge on any atom is -0.272 e. The molecule has 0 heterocycles. The van der Waals surface area contributed by atoms with E-state index >= 15 is 0 Å². The van der Waals surface area contributed by atoms with Crippen molar-refractivity contribution in [2.45, 2.75) is 0 Å². The number of nitrogens with zero attached hydrogens (tertiary/aromatic N) is 2. The van der Waals surface area contributed by atoms with Gasteiger partial charge in [0.2, 0.25) is 0 Å². The lowest BCUT2D eigenvalue weighted by Gasteiger charge is -1.73. The van der Waals surface area contributed by atoms with Gasteiger partial charge in [0.15, 0.2) is 0 Å². The van der Waals surface area contributed by atoms with Crippen LogP contribution >= 0.6 is 0 Å². The molecule has 2 heteroatoms. The Labute approximate surface area is 48.5 Å². The molecule has 0 aromatic carbocycles. The Kier molecular flexibility index (Phi) is 3.17. The normalized spacial score (nSPS) is 8.38. The summed E-state index contributed by atoms with van der Waals surface area (Å²) in [4.78, 5) is 3.38. The van der Waals surface area contributed by atoms with Gasteiger partial charge in [0, 0.05) is 11.8 Å². The van der Waals surface area contributed by atoms with Crippen LogP contribution in [0.4, 0.5) is 0 Å². The maximum absolute atomic E-state index is 8.10. The van der Waals surface area contributed by atoms with Gasteiger partial charge in [-0.2, -0.15) is 5.26 Å². The molecule has 0 N–H and O–H groups in total. The van der Waals surface area contributed by atoms with Crippen LogP contribution in [0.1, 0.15) is 0 Å². The molecule has 0 spiro atoms. The van der Waals surface area contributed by atoms with Crippen LogP contribution in [-0.4, -0.2) is 6.72 Å². The van der Waals surface area contributed by atoms with Gasteiger partial charge in [-0.1, -0.05) is 6.58 Å². The average Bonchev–Trinajstić information content (AvgIpc) is 1.83. The van der Waals surface area contributed by atoms with Crippen LogP contribution in [0.5, 0.6) is 0 Å². The molecule has 0 amide bonds. The van der Waals surface area contributed by atoms with E-state index in [1.807, 2.05) is 6.07 Å². The van der Waals surface area contributed by atoms with E-state index in [1.165, 1.54) is 12.3 Å². The first-order valence-electron chi connectivity index (χ1n) is 2.02. The first-order valence-corrected chi connectivity index (χ1v) is 2.02. The zero-order valence-electron chi connectivity index (χ0n) is 4.46. The Morgan fingerprint density at radius 3 is 2.75 bits per heavy atom. The molecular formula is C6H6N2. The van der Waals surface area contributed by atoms with Crippen LogP contribution in [-0.2, 0) is 0 Å². The highest BCUT2D eigenvalue weighted by atomic mass is 14.6. The van der Waals surface area contributed by atoms with Crippen LogP contribution in [0, 0.1) is 11.3 Å². The second-order valence-corrected chi connectivity index (χ2v) is 1.14. The first kappa shape index (κ1) is 6.64.